The lowest BCUT2D eigenvalue weighted by molar-refractivity contribution is -0.122. The molecule has 3 heterocycles. The van der Waals surface area contributed by atoms with E-state index in [0.29, 0.717) is 22.2 Å². The van der Waals surface area contributed by atoms with E-state index in [-0.39, 0.29) is 23.7 Å². The highest BCUT2D eigenvalue weighted by Gasteiger charge is 2.37. The van der Waals surface area contributed by atoms with Gasteiger partial charge in [-0.1, -0.05) is 18.2 Å². The van der Waals surface area contributed by atoms with Crippen molar-refractivity contribution >= 4 is 52.1 Å². The molecule has 178 valence electrons. The first-order valence-corrected chi connectivity index (χ1v) is 10.9. The number of imide groups is 2. The number of barbiturate groups is 1. The van der Waals surface area contributed by atoms with Crippen molar-refractivity contribution in [2.75, 3.05) is 10.2 Å². The van der Waals surface area contributed by atoms with E-state index in [1.54, 1.807) is 35.0 Å². The number of carbonyl (C=O) groups is 4. The van der Waals surface area contributed by atoms with Crippen LogP contribution in [0.4, 0.5) is 20.6 Å². The number of benzene rings is 2. The molecule has 1 saturated heterocycles. The van der Waals surface area contributed by atoms with E-state index in [1.165, 1.54) is 54.9 Å². The number of carbonyl (C=O) groups excluding carboxylic acids is 4. The van der Waals surface area contributed by atoms with Crippen LogP contribution in [0.3, 0.4) is 0 Å². The molecule has 1 fully saturated rings. The SMILES string of the molecule is O=C(Cn1cc(/C=C2\C(=O)NC(=O)N(c3ccncc3)C2=O)c2ccccc21)Nc1ccc(F)cc1. The minimum absolute atomic E-state index is 0.0666. The predicted octanol–water partition coefficient (Wildman–Crippen LogP) is 3.48. The molecule has 2 aromatic heterocycles. The summed E-state index contributed by atoms with van der Waals surface area (Å²) >= 11 is 0. The van der Waals surface area contributed by atoms with Crippen LogP contribution >= 0.6 is 0 Å². The van der Waals surface area contributed by atoms with Crippen LogP contribution in [0.2, 0.25) is 0 Å². The van der Waals surface area contributed by atoms with Crippen molar-refractivity contribution in [3.05, 3.63) is 96.2 Å². The van der Waals surface area contributed by atoms with E-state index >= 15 is 0 Å². The van der Waals surface area contributed by atoms with E-state index in [9.17, 15) is 23.6 Å². The Morgan fingerprint density at radius 1 is 1.00 bits per heavy atom. The van der Waals surface area contributed by atoms with Crippen molar-refractivity contribution in [1.82, 2.24) is 14.9 Å². The summed E-state index contributed by atoms with van der Waals surface area (Å²) in [6.07, 6.45) is 5.91. The van der Waals surface area contributed by atoms with Gasteiger partial charge in [-0.3, -0.25) is 24.7 Å². The molecular weight excluding hydrogens is 465 g/mol. The van der Waals surface area contributed by atoms with Gasteiger partial charge < -0.3 is 9.88 Å². The van der Waals surface area contributed by atoms with Crippen LogP contribution in [-0.2, 0) is 20.9 Å². The first-order valence-electron chi connectivity index (χ1n) is 10.9. The number of hydrogen-bond acceptors (Lipinski definition) is 5. The summed E-state index contributed by atoms with van der Waals surface area (Å²) in [5.74, 6) is -2.35. The lowest BCUT2D eigenvalue weighted by Crippen LogP contribution is -2.54. The summed E-state index contributed by atoms with van der Waals surface area (Å²) in [5, 5.41) is 5.60. The Labute approximate surface area is 203 Å². The van der Waals surface area contributed by atoms with E-state index in [0.717, 1.165) is 4.90 Å². The van der Waals surface area contributed by atoms with Gasteiger partial charge in [0.2, 0.25) is 5.91 Å². The highest BCUT2D eigenvalue weighted by atomic mass is 19.1. The quantitative estimate of drug-likeness (QED) is 0.333. The number of nitrogens with zero attached hydrogens (tertiary/aromatic N) is 3. The maximum Gasteiger partial charge on any atom is 0.335 e. The third-order valence-corrected chi connectivity index (χ3v) is 5.58. The van der Waals surface area contributed by atoms with Crippen molar-refractivity contribution in [3.8, 4) is 0 Å². The van der Waals surface area contributed by atoms with Gasteiger partial charge in [0, 0.05) is 40.7 Å². The van der Waals surface area contributed by atoms with E-state index in [1.807, 2.05) is 0 Å². The Bertz CT molecular complexity index is 1540. The molecule has 0 spiro atoms. The number of pyridine rings is 1. The summed E-state index contributed by atoms with van der Waals surface area (Å²) < 4.78 is 14.8. The third kappa shape index (κ3) is 4.34. The second kappa shape index (κ2) is 9.26. The molecule has 1 aliphatic heterocycles. The Kier molecular flexibility index (Phi) is 5.83. The Balaban J connectivity index is 1.47. The van der Waals surface area contributed by atoms with Gasteiger partial charge >= 0.3 is 6.03 Å². The first-order chi connectivity index (χ1) is 17.4. The van der Waals surface area contributed by atoms with Gasteiger partial charge in [-0.2, -0.15) is 0 Å². The number of nitrogens with one attached hydrogen (secondary N) is 2. The summed E-state index contributed by atoms with van der Waals surface area (Å²) in [6, 6.07) is 14.7. The van der Waals surface area contributed by atoms with E-state index < -0.39 is 23.7 Å². The first kappa shape index (κ1) is 22.7. The number of urea groups is 1. The third-order valence-electron chi connectivity index (χ3n) is 5.58. The number of para-hydroxylation sites is 1. The maximum atomic E-state index is 13.2. The lowest BCUT2D eigenvalue weighted by Gasteiger charge is -2.26. The number of hydrogen-bond donors (Lipinski definition) is 2. The summed E-state index contributed by atoms with van der Waals surface area (Å²) in [6.45, 7) is -0.0666. The Morgan fingerprint density at radius 3 is 2.47 bits per heavy atom. The fourth-order valence-corrected chi connectivity index (χ4v) is 3.95. The Hall–Kier alpha value is -5.12. The number of amides is 5. The van der Waals surface area contributed by atoms with Gasteiger partial charge in [0.1, 0.15) is 17.9 Å². The van der Waals surface area contributed by atoms with Crippen LogP contribution in [0.1, 0.15) is 5.56 Å². The molecule has 5 rings (SSSR count). The minimum Gasteiger partial charge on any atom is -0.337 e. The summed E-state index contributed by atoms with van der Waals surface area (Å²) in [5.41, 5.74) is 1.70. The van der Waals surface area contributed by atoms with E-state index in [2.05, 4.69) is 15.6 Å². The highest BCUT2D eigenvalue weighted by Crippen LogP contribution is 2.26. The van der Waals surface area contributed by atoms with Crippen molar-refractivity contribution in [1.29, 1.82) is 0 Å². The van der Waals surface area contributed by atoms with Gasteiger partial charge in [0.25, 0.3) is 11.8 Å². The molecule has 0 saturated carbocycles. The average molecular weight is 483 g/mol. The van der Waals surface area contributed by atoms with Gasteiger partial charge in [-0.15, -0.1) is 0 Å². The molecule has 36 heavy (non-hydrogen) atoms. The Morgan fingerprint density at radius 2 is 1.72 bits per heavy atom. The van der Waals surface area contributed by atoms with Crippen molar-refractivity contribution < 1.29 is 23.6 Å². The van der Waals surface area contributed by atoms with Gasteiger partial charge in [-0.05, 0) is 48.5 Å². The number of fused-ring (bicyclic) bond motifs is 1. The molecule has 9 nitrogen and oxygen atoms in total. The monoisotopic (exact) mass is 483 g/mol. The van der Waals surface area contributed by atoms with Gasteiger partial charge in [0.05, 0.1) is 5.69 Å². The zero-order valence-corrected chi connectivity index (χ0v) is 18.6. The molecule has 2 aromatic carbocycles. The van der Waals surface area contributed by atoms with Crippen molar-refractivity contribution in [2.24, 2.45) is 0 Å². The fraction of sp³-hybridized carbons (Fsp3) is 0.0385. The van der Waals surface area contributed by atoms with E-state index in [4.69, 9.17) is 0 Å². The lowest BCUT2D eigenvalue weighted by atomic mass is 10.1. The maximum absolute atomic E-state index is 13.2. The van der Waals surface area contributed by atoms with Crippen LogP contribution in [0, 0.1) is 5.82 Å². The average Bonchev–Trinajstić information content (AvgIpc) is 3.20. The molecule has 0 bridgehead atoms. The predicted molar refractivity (Wildman–Crippen MR) is 130 cm³/mol. The molecule has 0 aliphatic carbocycles. The normalized spacial score (nSPS) is 14.9. The van der Waals surface area contributed by atoms with Crippen molar-refractivity contribution in [2.45, 2.75) is 6.54 Å². The molecule has 1 aliphatic rings. The van der Waals surface area contributed by atoms with Gasteiger partial charge in [-0.25, -0.2) is 14.1 Å². The van der Waals surface area contributed by atoms with Crippen LogP contribution in [0.25, 0.3) is 17.0 Å². The standard InChI is InChI=1S/C26H18FN5O4/c27-17-5-7-18(8-6-17)29-23(33)15-31-14-16(20-3-1-2-4-22(20)31)13-21-24(34)30-26(36)32(25(21)35)19-9-11-28-12-10-19/h1-14H,15H2,(H,29,33)(H,30,34,36)/b21-13+. The van der Waals surface area contributed by atoms with Crippen LogP contribution in [-0.4, -0.2) is 33.3 Å². The van der Waals surface area contributed by atoms with Crippen LogP contribution in [0.5, 0.6) is 0 Å². The van der Waals surface area contributed by atoms with Crippen LogP contribution < -0.4 is 15.5 Å². The number of anilines is 2. The molecule has 5 amide bonds. The molecule has 10 heteroatoms. The second-order valence-electron chi connectivity index (χ2n) is 7.95. The zero-order chi connectivity index (χ0) is 25.2. The minimum atomic E-state index is -0.853. The topological polar surface area (TPSA) is 113 Å². The summed E-state index contributed by atoms with van der Waals surface area (Å²) in [7, 11) is 0. The van der Waals surface area contributed by atoms with Crippen molar-refractivity contribution in [3.63, 3.8) is 0 Å². The molecule has 0 radical (unpaired) electrons. The fourth-order valence-electron chi connectivity index (χ4n) is 3.95. The summed E-state index contributed by atoms with van der Waals surface area (Å²) in [4.78, 5) is 55.5. The molecular formula is C26H18FN5O4. The molecule has 4 aromatic rings. The number of rotatable bonds is 5. The van der Waals surface area contributed by atoms with Gasteiger partial charge in [0.15, 0.2) is 0 Å². The number of aromatic nitrogens is 2. The van der Waals surface area contributed by atoms with Crippen LogP contribution in [0.15, 0.2) is 84.8 Å². The smallest absolute Gasteiger partial charge is 0.335 e. The molecule has 0 atom stereocenters. The molecule has 2 N–H and O–H groups in total. The second-order valence-corrected chi connectivity index (χ2v) is 7.95. The zero-order valence-electron chi connectivity index (χ0n) is 18.6. The molecule has 0 unspecified atom stereocenters. The highest BCUT2D eigenvalue weighted by molar-refractivity contribution is 6.39. The largest absolute Gasteiger partial charge is 0.337 e. The number of halogens is 1.